The van der Waals surface area contributed by atoms with Crippen LogP contribution in [0.2, 0.25) is 0 Å². The smallest absolute Gasteiger partial charge is 0.229 e. The average molecular weight is 360 g/mol. The maximum absolute atomic E-state index is 11.8. The van der Waals surface area contributed by atoms with Crippen LogP contribution >= 0.6 is 0 Å². The van der Waals surface area contributed by atoms with Crippen molar-refractivity contribution in [3.05, 3.63) is 65.7 Å². The van der Waals surface area contributed by atoms with Crippen molar-refractivity contribution in [3.63, 3.8) is 0 Å². The van der Waals surface area contributed by atoms with Gasteiger partial charge in [0.15, 0.2) is 17.6 Å². The van der Waals surface area contributed by atoms with Gasteiger partial charge in [-0.3, -0.25) is 4.79 Å². The summed E-state index contributed by atoms with van der Waals surface area (Å²) in [4.78, 5) is 11.8. The Kier molecular flexibility index (Phi) is 3.76. The lowest BCUT2D eigenvalue weighted by Gasteiger charge is -2.33. The maximum Gasteiger partial charge on any atom is 0.229 e. The van der Waals surface area contributed by atoms with Crippen molar-refractivity contribution in [1.82, 2.24) is 5.32 Å². The Hall–Kier alpha value is -3.05. The second-order valence-corrected chi connectivity index (χ2v) is 6.95. The zero-order valence-electron chi connectivity index (χ0n) is 15.0. The number of carbonyl (C=O) groups excluding carboxylic acids is 1. The number of benzene rings is 3. The van der Waals surface area contributed by atoms with Crippen LogP contribution in [-0.2, 0) is 11.2 Å². The molecule has 2 unspecified atom stereocenters. The first-order valence-corrected chi connectivity index (χ1v) is 9.14. The van der Waals surface area contributed by atoms with E-state index in [1.165, 1.54) is 16.3 Å². The van der Waals surface area contributed by atoms with E-state index < -0.39 is 0 Å². The summed E-state index contributed by atoms with van der Waals surface area (Å²) in [5.74, 6) is 1.38. The predicted octanol–water partition coefficient (Wildman–Crippen LogP) is 3.43. The highest BCUT2D eigenvalue weighted by molar-refractivity contribution is 6.00. The first kappa shape index (κ1) is 16.1. The van der Waals surface area contributed by atoms with Crippen molar-refractivity contribution in [3.8, 4) is 11.5 Å². The average Bonchev–Trinajstić information content (AvgIpc) is 3.09. The third kappa shape index (κ3) is 2.62. The lowest BCUT2D eigenvalue weighted by Crippen LogP contribution is -2.40. The van der Waals surface area contributed by atoms with Crippen molar-refractivity contribution < 1.29 is 14.3 Å². The zero-order chi connectivity index (χ0) is 18.4. The summed E-state index contributed by atoms with van der Waals surface area (Å²) in [5.41, 5.74) is 2.87. The van der Waals surface area contributed by atoms with Crippen molar-refractivity contribution in [2.24, 2.45) is 0 Å². The first-order valence-electron chi connectivity index (χ1n) is 9.14. The monoisotopic (exact) mass is 360 g/mol. The SMILES string of the molecule is CNC(c1cccc2ccccc12)C1COc2ccc3c(c2O1)CC(=O)N3. The number of anilines is 1. The van der Waals surface area contributed by atoms with Gasteiger partial charge in [0.1, 0.15) is 6.61 Å². The number of fused-ring (bicyclic) bond motifs is 4. The van der Waals surface area contributed by atoms with Crippen LogP contribution in [0.4, 0.5) is 5.69 Å². The van der Waals surface area contributed by atoms with Crippen molar-refractivity contribution in [2.45, 2.75) is 18.6 Å². The third-order valence-corrected chi connectivity index (χ3v) is 5.35. The number of likely N-dealkylation sites (N-methyl/N-ethyl adjacent to an activating group) is 1. The normalized spacial score (nSPS) is 18.9. The quantitative estimate of drug-likeness (QED) is 0.751. The Morgan fingerprint density at radius 3 is 2.85 bits per heavy atom. The summed E-state index contributed by atoms with van der Waals surface area (Å²) in [7, 11) is 1.94. The molecular weight excluding hydrogens is 340 g/mol. The predicted molar refractivity (Wildman–Crippen MR) is 104 cm³/mol. The zero-order valence-corrected chi connectivity index (χ0v) is 15.0. The van der Waals surface area contributed by atoms with Crippen LogP contribution in [0, 0.1) is 0 Å². The molecule has 5 nitrogen and oxygen atoms in total. The summed E-state index contributed by atoms with van der Waals surface area (Å²) in [6.45, 7) is 0.446. The van der Waals surface area contributed by atoms with Crippen molar-refractivity contribution in [2.75, 3.05) is 19.0 Å². The molecule has 2 atom stereocenters. The van der Waals surface area contributed by atoms with Gasteiger partial charge < -0.3 is 20.1 Å². The molecule has 0 aromatic heterocycles. The molecule has 0 saturated carbocycles. The number of carbonyl (C=O) groups is 1. The van der Waals surface area contributed by atoms with Crippen LogP contribution in [0.25, 0.3) is 10.8 Å². The molecule has 1 amide bonds. The summed E-state index contributed by atoms with van der Waals surface area (Å²) in [6.07, 6.45) is 0.128. The van der Waals surface area contributed by atoms with Crippen molar-refractivity contribution >= 4 is 22.4 Å². The van der Waals surface area contributed by atoms with E-state index in [4.69, 9.17) is 9.47 Å². The molecule has 0 radical (unpaired) electrons. The van der Waals surface area contributed by atoms with Gasteiger partial charge in [0.25, 0.3) is 0 Å². The van der Waals surface area contributed by atoms with E-state index in [9.17, 15) is 4.79 Å². The highest BCUT2D eigenvalue weighted by Crippen LogP contribution is 2.43. The van der Waals surface area contributed by atoms with Gasteiger partial charge in [0.05, 0.1) is 12.5 Å². The van der Waals surface area contributed by atoms with Crippen molar-refractivity contribution in [1.29, 1.82) is 0 Å². The number of rotatable bonds is 3. The molecular formula is C22H20N2O3. The van der Waals surface area contributed by atoms with Crippen LogP contribution in [-0.4, -0.2) is 25.7 Å². The lowest BCUT2D eigenvalue weighted by molar-refractivity contribution is -0.115. The third-order valence-electron chi connectivity index (χ3n) is 5.35. The van der Waals surface area contributed by atoms with Gasteiger partial charge in [-0.15, -0.1) is 0 Å². The van der Waals surface area contributed by atoms with Gasteiger partial charge in [-0.2, -0.15) is 0 Å². The van der Waals surface area contributed by atoms with E-state index in [0.29, 0.717) is 24.5 Å². The molecule has 0 fully saturated rings. The van der Waals surface area contributed by atoms with Crippen LogP contribution < -0.4 is 20.1 Å². The van der Waals surface area contributed by atoms with Gasteiger partial charge in [0, 0.05) is 11.3 Å². The number of ether oxygens (including phenoxy) is 2. The largest absolute Gasteiger partial charge is 0.486 e. The molecule has 0 saturated heterocycles. The fraction of sp³-hybridized carbons (Fsp3) is 0.227. The van der Waals surface area contributed by atoms with Crippen LogP contribution in [0.15, 0.2) is 54.6 Å². The summed E-state index contributed by atoms with van der Waals surface area (Å²) in [6, 6.07) is 18.4. The van der Waals surface area contributed by atoms with E-state index in [0.717, 1.165) is 11.3 Å². The second-order valence-electron chi connectivity index (χ2n) is 6.95. The number of nitrogens with one attached hydrogen (secondary N) is 2. The second kappa shape index (κ2) is 6.28. The molecule has 5 heteroatoms. The van der Waals surface area contributed by atoms with Crippen LogP contribution in [0.1, 0.15) is 17.2 Å². The summed E-state index contributed by atoms with van der Waals surface area (Å²) in [5, 5.41) is 8.67. The molecule has 0 spiro atoms. The minimum atomic E-state index is -0.199. The Bertz CT molecular complexity index is 1040. The molecule has 27 heavy (non-hydrogen) atoms. The molecule has 2 aliphatic heterocycles. The maximum atomic E-state index is 11.8. The molecule has 3 aromatic carbocycles. The first-order chi connectivity index (χ1) is 13.2. The minimum absolute atomic E-state index is 0.0108. The van der Waals surface area contributed by atoms with Gasteiger partial charge >= 0.3 is 0 Å². The highest BCUT2D eigenvalue weighted by Gasteiger charge is 2.34. The molecule has 3 aromatic rings. The summed E-state index contributed by atoms with van der Waals surface area (Å²) < 4.78 is 12.4. The lowest BCUT2D eigenvalue weighted by atomic mass is 9.95. The van der Waals surface area contributed by atoms with E-state index in [1.807, 2.05) is 25.2 Å². The highest BCUT2D eigenvalue weighted by atomic mass is 16.6. The molecule has 0 bridgehead atoms. The Labute approximate surface area is 157 Å². The fourth-order valence-electron chi connectivity index (χ4n) is 4.08. The van der Waals surface area contributed by atoms with E-state index >= 15 is 0 Å². The minimum Gasteiger partial charge on any atom is -0.486 e. The van der Waals surface area contributed by atoms with Gasteiger partial charge in [-0.25, -0.2) is 0 Å². The Morgan fingerprint density at radius 2 is 1.96 bits per heavy atom. The van der Waals surface area contributed by atoms with Crippen LogP contribution in [0.3, 0.4) is 0 Å². The van der Waals surface area contributed by atoms with E-state index in [1.54, 1.807) is 0 Å². The van der Waals surface area contributed by atoms with Crippen LogP contribution in [0.5, 0.6) is 11.5 Å². The van der Waals surface area contributed by atoms with Gasteiger partial charge in [0.2, 0.25) is 5.91 Å². The van der Waals surface area contributed by atoms with Gasteiger partial charge in [-0.05, 0) is 35.5 Å². The van der Waals surface area contributed by atoms with E-state index in [2.05, 4.69) is 47.0 Å². The standard InChI is InChI=1S/C22H20N2O3/c1-23-21(15-8-4-6-13-5-2-3-7-14(13)15)19-12-26-18-10-9-17-16(22(18)27-19)11-20(25)24-17/h2-10,19,21,23H,11-12H2,1H3,(H,24,25). The fourth-order valence-corrected chi connectivity index (χ4v) is 4.08. The van der Waals surface area contributed by atoms with Gasteiger partial charge in [-0.1, -0.05) is 42.5 Å². The number of hydrogen-bond donors (Lipinski definition) is 2. The Morgan fingerprint density at radius 1 is 1.11 bits per heavy atom. The summed E-state index contributed by atoms with van der Waals surface area (Å²) >= 11 is 0. The number of amides is 1. The molecule has 2 N–H and O–H groups in total. The number of hydrogen-bond acceptors (Lipinski definition) is 4. The topological polar surface area (TPSA) is 59.6 Å². The Balaban J connectivity index is 1.54. The molecule has 136 valence electrons. The van der Waals surface area contributed by atoms with E-state index in [-0.39, 0.29) is 18.1 Å². The molecule has 0 aliphatic carbocycles. The molecule has 2 heterocycles. The molecule has 2 aliphatic rings. The molecule has 5 rings (SSSR count).